The molecule has 0 aliphatic rings. The van der Waals surface area contributed by atoms with Crippen molar-refractivity contribution >= 4 is 11.6 Å². The maximum absolute atomic E-state index is 13.6. The third kappa shape index (κ3) is 3.42. The maximum Gasteiger partial charge on any atom is 0.165 e. The van der Waals surface area contributed by atoms with Crippen LogP contribution in [0.1, 0.15) is 16.7 Å². The van der Waals surface area contributed by atoms with Crippen molar-refractivity contribution in [2.45, 2.75) is 19.4 Å². The van der Waals surface area contributed by atoms with Crippen LogP contribution in [0, 0.1) is 12.7 Å². The smallest absolute Gasteiger partial charge is 0.165 e. The van der Waals surface area contributed by atoms with Crippen LogP contribution in [0.15, 0.2) is 36.4 Å². The molecule has 0 bridgehead atoms. The van der Waals surface area contributed by atoms with E-state index in [-0.39, 0.29) is 12.4 Å². The van der Waals surface area contributed by atoms with Gasteiger partial charge in [0.25, 0.3) is 0 Å². The molecular formula is C16H16ClFO2. The van der Waals surface area contributed by atoms with Gasteiger partial charge in [-0.1, -0.05) is 23.8 Å². The molecule has 0 radical (unpaired) electrons. The standard InChI is InChI=1S/C16H16ClFO2/c1-11-3-5-15(13(7-11)9-17)20-10-12-4-6-16(19-2)14(18)8-12/h3-8H,9-10H2,1-2H3. The molecule has 0 aromatic heterocycles. The molecule has 20 heavy (non-hydrogen) atoms. The van der Waals surface area contributed by atoms with E-state index >= 15 is 0 Å². The van der Waals surface area contributed by atoms with Gasteiger partial charge in [-0.3, -0.25) is 0 Å². The van der Waals surface area contributed by atoms with Crippen LogP contribution in [-0.4, -0.2) is 7.11 Å². The normalized spacial score (nSPS) is 10.4. The summed E-state index contributed by atoms with van der Waals surface area (Å²) in [6.07, 6.45) is 0. The van der Waals surface area contributed by atoms with Crippen LogP contribution < -0.4 is 9.47 Å². The second-order valence-electron chi connectivity index (χ2n) is 4.50. The zero-order valence-electron chi connectivity index (χ0n) is 11.5. The number of halogens is 2. The Balaban J connectivity index is 2.10. The Kier molecular flexibility index (Phi) is 4.85. The van der Waals surface area contributed by atoms with Gasteiger partial charge in [0.1, 0.15) is 12.4 Å². The molecule has 2 nitrogen and oxygen atoms in total. The highest BCUT2D eigenvalue weighted by Gasteiger charge is 2.06. The SMILES string of the molecule is COc1ccc(COc2ccc(C)cc2CCl)cc1F. The molecule has 0 unspecified atom stereocenters. The van der Waals surface area contributed by atoms with Crippen LogP contribution in [0.5, 0.6) is 11.5 Å². The number of aryl methyl sites for hydroxylation is 1. The lowest BCUT2D eigenvalue weighted by atomic mass is 10.1. The van der Waals surface area contributed by atoms with Crippen molar-refractivity contribution in [1.29, 1.82) is 0 Å². The molecule has 0 saturated heterocycles. The van der Waals surface area contributed by atoms with E-state index < -0.39 is 5.82 Å². The number of hydrogen-bond donors (Lipinski definition) is 0. The average molecular weight is 295 g/mol. The number of benzene rings is 2. The largest absolute Gasteiger partial charge is 0.494 e. The molecule has 0 fully saturated rings. The molecule has 0 N–H and O–H groups in total. The van der Waals surface area contributed by atoms with E-state index in [1.54, 1.807) is 12.1 Å². The lowest BCUT2D eigenvalue weighted by Crippen LogP contribution is -1.99. The lowest BCUT2D eigenvalue weighted by Gasteiger charge is -2.11. The van der Waals surface area contributed by atoms with Gasteiger partial charge in [0.2, 0.25) is 0 Å². The minimum absolute atomic E-state index is 0.227. The quantitative estimate of drug-likeness (QED) is 0.758. The van der Waals surface area contributed by atoms with Crippen molar-refractivity contribution < 1.29 is 13.9 Å². The number of alkyl halides is 1. The summed E-state index contributed by atoms with van der Waals surface area (Å²) in [6, 6.07) is 10.6. The molecule has 4 heteroatoms. The number of methoxy groups -OCH3 is 1. The predicted molar refractivity (Wildman–Crippen MR) is 78.0 cm³/mol. The number of hydrogen-bond acceptors (Lipinski definition) is 2. The molecule has 0 saturated carbocycles. The van der Waals surface area contributed by atoms with Crippen molar-refractivity contribution in [2.24, 2.45) is 0 Å². The predicted octanol–water partition coefficient (Wildman–Crippen LogP) is 4.46. The zero-order valence-corrected chi connectivity index (χ0v) is 12.2. The monoisotopic (exact) mass is 294 g/mol. The molecule has 2 rings (SSSR count). The summed E-state index contributed by atoms with van der Waals surface area (Å²) < 4.78 is 24.2. The molecular weight excluding hydrogens is 279 g/mol. The highest BCUT2D eigenvalue weighted by atomic mass is 35.5. The maximum atomic E-state index is 13.6. The van der Waals surface area contributed by atoms with Gasteiger partial charge < -0.3 is 9.47 Å². The molecule has 0 atom stereocenters. The summed E-state index contributed by atoms with van der Waals surface area (Å²) >= 11 is 5.89. The third-order valence-corrected chi connectivity index (χ3v) is 3.26. The van der Waals surface area contributed by atoms with E-state index in [2.05, 4.69) is 0 Å². The Morgan fingerprint density at radius 1 is 1.10 bits per heavy atom. The Hall–Kier alpha value is -1.74. The highest BCUT2D eigenvalue weighted by Crippen LogP contribution is 2.24. The van der Waals surface area contributed by atoms with E-state index in [0.717, 1.165) is 22.4 Å². The van der Waals surface area contributed by atoms with Gasteiger partial charge >= 0.3 is 0 Å². The van der Waals surface area contributed by atoms with E-state index in [1.807, 2.05) is 25.1 Å². The van der Waals surface area contributed by atoms with Gasteiger partial charge in [-0.25, -0.2) is 4.39 Å². The lowest BCUT2D eigenvalue weighted by molar-refractivity contribution is 0.302. The van der Waals surface area contributed by atoms with Gasteiger partial charge in [-0.05, 0) is 30.7 Å². The van der Waals surface area contributed by atoms with Crippen LogP contribution in [-0.2, 0) is 12.5 Å². The molecule has 0 amide bonds. The van der Waals surface area contributed by atoms with Crippen molar-refractivity contribution in [3.05, 3.63) is 58.9 Å². The first-order valence-corrected chi connectivity index (χ1v) is 6.78. The second kappa shape index (κ2) is 6.62. The zero-order chi connectivity index (χ0) is 14.5. The number of rotatable bonds is 5. The van der Waals surface area contributed by atoms with Gasteiger partial charge in [-0.15, -0.1) is 11.6 Å². The van der Waals surface area contributed by atoms with Gasteiger partial charge in [-0.2, -0.15) is 0 Å². The molecule has 0 heterocycles. The molecule has 106 valence electrons. The second-order valence-corrected chi connectivity index (χ2v) is 4.77. The van der Waals surface area contributed by atoms with Gasteiger partial charge in [0.15, 0.2) is 11.6 Å². The summed E-state index contributed by atoms with van der Waals surface area (Å²) in [4.78, 5) is 0. The fraction of sp³-hybridized carbons (Fsp3) is 0.250. The minimum atomic E-state index is -0.393. The minimum Gasteiger partial charge on any atom is -0.494 e. The Morgan fingerprint density at radius 3 is 2.50 bits per heavy atom. The molecule has 2 aromatic carbocycles. The third-order valence-electron chi connectivity index (χ3n) is 2.97. The van der Waals surface area contributed by atoms with Crippen molar-refractivity contribution in [3.63, 3.8) is 0 Å². The van der Waals surface area contributed by atoms with Crippen LogP contribution >= 0.6 is 11.6 Å². The molecule has 0 aliphatic heterocycles. The Labute approximate surface area is 123 Å². The fourth-order valence-electron chi connectivity index (χ4n) is 1.91. The number of ether oxygens (including phenoxy) is 2. The first-order valence-electron chi connectivity index (χ1n) is 6.24. The summed E-state index contributed by atoms with van der Waals surface area (Å²) in [5.41, 5.74) is 2.80. The van der Waals surface area contributed by atoms with Gasteiger partial charge in [0, 0.05) is 5.56 Å². The average Bonchev–Trinajstić information content (AvgIpc) is 2.46. The van der Waals surface area contributed by atoms with Crippen molar-refractivity contribution in [1.82, 2.24) is 0 Å². The Morgan fingerprint density at radius 2 is 1.85 bits per heavy atom. The van der Waals surface area contributed by atoms with Gasteiger partial charge in [0.05, 0.1) is 13.0 Å². The van der Waals surface area contributed by atoms with Crippen LogP contribution in [0.25, 0.3) is 0 Å². The van der Waals surface area contributed by atoms with E-state index in [4.69, 9.17) is 21.1 Å². The molecule has 0 aliphatic carbocycles. The van der Waals surface area contributed by atoms with E-state index in [1.165, 1.54) is 13.2 Å². The van der Waals surface area contributed by atoms with Crippen molar-refractivity contribution in [3.8, 4) is 11.5 Å². The summed E-state index contributed by atoms with van der Waals surface area (Å²) in [6.45, 7) is 2.28. The first kappa shape index (κ1) is 14.7. The molecule has 2 aromatic rings. The van der Waals surface area contributed by atoms with Crippen molar-refractivity contribution in [2.75, 3.05) is 7.11 Å². The highest BCUT2D eigenvalue weighted by molar-refractivity contribution is 6.17. The van der Waals surface area contributed by atoms with Crippen LogP contribution in [0.3, 0.4) is 0 Å². The fourth-order valence-corrected chi connectivity index (χ4v) is 2.12. The van der Waals surface area contributed by atoms with Crippen LogP contribution in [0.4, 0.5) is 4.39 Å². The first-order chi connectivity index (χ1) is 9.63. The molecule has 0 spiro atoms. The Bertz CT molecular complexity index is 599. The summed E-state index contributed by atoms with van der Waals surface area (Å²) in [5, 5.41) is 0. The van der Waals surface area contributed by atoms with E-state index in [0.29, 0.717) is 5.88 Å². The summed E-state index contributed by atoms with van der Waals surface area (Å²) in [5.74, 6) is 0.941. The van der Waals surface area contributed by atoms with Crippen LogP contribution in [0.2, 0.25) is 0 Å². The topological polar surface area (TPSA) is 18.5 Å². The summed E-state index contributed by atoms with van der Waals surface area (Å²) in [7, 11) is 1.44. The van der Waals surface area contributed by atoms with E-state index in [9.17, 15) is 4.39 Å².